The predicted octanol–water partition coefficient (Wildman–Crippen LogP) is 3.18. The van der Waals surface area contributed by atoms with Crippen molar-refractivity contribution < 1.29 is 23.0 Å². The van der Waals surface area contributed by atoms with Crippen molar-refractivity contribution >= 4 is 40.3 Å². The van der Waals surface area contributed by atoms with Gasteiger partial charge in [0.1, 0.15) is 4.32 Å². The molecular weight excluding hydrogens is 320 g/mol. The van der Waals surface area contributed by atoms with Crippen LogP contribution in [-0.2, 0) is 4.79 Å². The first kappa shape index (κ1) is 15.7. The molecule has 1 saturated heterocycles. The van der Waals surface area contributed by atoms with E-state index in [9.17, 15) is 13.6 Å². The molecule has 8 heteroatoms. The van der Waals surface area contributed by atoms with Gasteiger partial charge in [0.25, 0.3) is 5.91 Å². The lowest BCUT2D eigenvalue weighted by molar-refractivity contribution is -0.115. The Morgan fingerprint density at radius 3 is 2.81 bits per heavy atom. The van der Waals surface area contributed by atoms with Crippen molar-refractivity contribution in [2.45, 2.75) is 13.5 Å². The number of hydrogen-bond donors (Lipinski definition) is 1. The third-order valence-electron chi connectivity index (χ3n) is 2.44. The molecule has 1 fully saturated rings. The minimum atomic E-state index is -2.99. The minimum absolute atomic E-state index is 0.104. The molecule has 1 aromatic rings. The van der Waals surface area contributed by atoms with Gasteiger partial charge in [0, 0.05) is 5.56 Å². The molecule has 0 radical (unpaired) electrons. The number of benzene rings is 1. The number of hydrogen-bond acceptors (Lipinski definition) is 5. The van der Waals surface area contributed by atoms with Crippen LogP contribution in [0.1, 0.15) is 12.5 Å². The highest BCUT2D eigenvalue weighted by Crippen LogP contribution is 2.36. The fourth-order valence-corrected chi connectivity index (χ4v) is 2.73. The molecule has 1 amide bonds. The summed E-state index contributed by atoms with van der Waals surface area (Å²) >= 11 is 5.94. The number of carbonyl (C=O) groups is 1. The van der Waals surface area contributed by atoms with Gasteiger partial charge in [-0.2, -0.15) is 8.78 Å². The van der Waals surface area contributed by atoms with Crippen molar-refractivity contribution in [3.8, 4) is 11.5 Å². The summed E-state index contributed by atoms with van der Waals surface area (Å²) in [5.74, 6) is -0.277. The van der Waals surface area contributed by atoms with E-state index in [0.717, 1.165) is 11.8 Å². The first-order valence-corrected chi connectivity index (χ1v) is 7.19. The lowest BCUT2D eigenvalue weighted by Crippen LogP contribution is -2.17. The van der Waals surface area contributed by atoms with E-state index in [0.29, 0.717) is 21.4 Å². The Morgan fingerprint density at radius 2 is 2.24 bits per heavy atom. The van der Waals surface area contributed by atoms with Crippen LogP contribution >= 0.6 is 24.0 Å². The molecule has 2 rings (SSSR count). The average Bonchev–Trinajstić information content (AvgIpc) is 2.71. The Kier molecular flexibility index (Phi) is 5.13. The van der Waals surface area contributed by atoms with Crippen molar-refractivity contribution in [1.29, 1.82) is 0 Å². The maximum atomic E-state index is 12.6. The Bertz CT molecular complexity index is 605. The molecule has 4 nitrogen and oxygen atoms in total. The van der Waals surface area contributed by atoms with Crippen molar-refractivity contribution in [3.05, 3.63) is 28.7 Å². The molecular formula is C13H11F2NO3S2. The van der Waals surface area contributed by atoms with Gasteiger partial charge in [-0.25, -0.2) is 0 Å². The van der Waals surface area contributed by atoms with Crippen LogP contribution in [0.25, 0.3) is 6.08 Å². The molecule has 0 aliphatic carbocycles. The number of rotatable bonds is 5. The first-order chi connectivity index (χ1) is 10.0. The smallest absolute Gasteiger partial charge is 0.387 e. The highest BCUT2D eigenvalue weighted by Gasteiger charge is 2.23. The Balaban J connectivity index is 2.42. The van der Waals surface area contributed by atoms with E-state index in [4.69, 9.17) is 17.0 Å². The molecule has 112 valence electrons. The van der Waals surface area contributed by atoms with Crippen molar-refractivity contribution in [2.75, 3.05) is 6.61 Å². The van der Waals surface area contributed by atoms with E-state index >= 15 is 0 Å². The fraction of sp³-hybridized carbons (Fsp3) is 0.231. The quantitative estimate of drug-likeness (QED) is 0.663. The SMILES string of the molecule is CCOc1cccc(/C=C2\SC(=S)NC2=O)c1OC(F)F. The topological polar surface area (TPSA) is 47.6 Å². The normalized spacial score (nSPS) is 16.5. The van der Waals surface area contributed by atoms with E-state index in [2.05, 4.69) is 10.1 Å². The lowest BCUT2D eigenvalue weighted by Gasteiger charge is -2.13. The lowest BCUT2D eigenvalue weighted by atomic mass is 10.1. The van der Waals surface area contributed by atoms with Gasteiger partial charge in [-0.3, -0.25) is 4.79 Å². The third-order valence-corrected chi connectivity index (χ3v) is 3.61. The maximum absolute atomic E-state index is 12.6. The summed E-state index contributed by atoms with van der Waals surface area (Å²) in [4.78, 5) is 11.9. The number of ether oxygens (including phenoxy) is 2. The summed E-state index contributed by atoms with van der Waals surface area (Å²) < 4.78 is 35.3. The molecule has 0 spiro atoms. The van der Waals surface area contributed by atoms with Gasteiger partial charge in [0.2, 0.25) is 0 Å². The van der Waals surface area contributed by atoms with Crippen LogP contribution < -0.4 is 14.8 Å². The Hall–Kier alpha value is -1.67. The Labute approximate surface area is 129 Å². The van der Waals surface area contributed by atoms with E-state index < -0.39 is 6.61 Å². The molecule has 1 heterocycles. The van der Waals surface area contributed by atoms with Crippen LogP contribution in [-0.4, -0.2) is 23.4 Å². The second-order valence-electron chi connectivity index (χ2n) is 3.84. The van der Waals surface area contributed by atoms with Gasteiger partial charge in [-0.15, -0.1) is 0 Å². The summed E-state index contributed by atoms with van der Waals surface area (Å²) in [6.07, 6.45) is 1.44. The molecule has 1 aromatic carbocycles. The monoisotopic (exact) mass is 331 g/mol. The molecule has 0 unspecified atom stereocenters. The summed E-state index contributed by atoms with van der Waals surface area (Å²) in [7, 11) is 0. The molecule has 1 aliphatic rings. The highest BCUT2D eigenvalue weighted by molar-refractivity contribution is 8.26. The van der Waals surface area contributed by atoms with Crippen molar-refractivity contribution in [3.63, 3.8) is 0 Å². The van der Waals surface area contributed by atoms with Crippen LogP contribution in [0.4, 0.5) is 8.78 Å². The molecule has 1 aliphatic heterocycles. The zero-order chi connectivity index (χ0) is 15.4. The fourth-order valence-electron chi connectivity index (χ4n) is 1.69. The zero-order valence-electron chi connectivity index (χ0n) is 10.9. The number of thioether (sulfide) groups is 1. The van der Waals surface area contributed by atoms with Gasteiger partial charge in [0.05, 0.1) is 11.5 Å². The van der Waals surface area contributed by atoms with Crippen LogP contribution in [0.2, 0.25) is 0 Å². The van der Waals surface area contributed by atoms with Gasteiger partial charge in [-0.05, 0) is 19.1 Å². The van der Waals surface area contributed by atoms with Gasteiger partial charge < -0.3 is 14.8 Å². The van der Waals surface area contributed by atoms with Crippen molar-refractivity contribution in [2.24, 2.45) is 0 Å². The van der Waals surface area contributed by atoms with Crippen LogP contribution in [0.15, 0.2) is 23.1 Å². The number of carbonyl (C=O) groups excluding carboxylic acids is 1. The number of alkyl halides is 2. The van der Waals surface area contributed by atoms with Crippen LogP contribution in [0.3, 0.4) is 0 Å². The van der Waals surface area contributed by atoms with Crippen LogP contribution in [0, 0.1) is 0 Å². The minimum Gasteiger partial charge on any atom is -0.490 e. The number of nitrogens with one attached hydrogen (secondary N) is 1. The highest BCUT2D eigenvalue weighted by atomic mass is 32.2. The second kappa shape index (κ2) is 6.86. The van der Waals surface area contributed by atoms with E-state index in [1.165, 1.54) is 12.1 Å². The molecule has 0 bridgehead atoms. The summed E-state index contributed by atoms with van der Waals surface area (Å²) in [6, 6.07) is 4.71. The van der Waals surface area contributed by atoms with Crippen molar-refractivity contribution in [1.82, 2.24) is 5.32 Å². The standard InChI is InChI=1S/C13H11F2NO3S2/c1-2-18-8-5-3-4-7(10(8)19-12(14)15)6-9-11(17)16-13(20)21-9/h3-6,12H,2H2,1H3,(H,16,17,20)/b9-6-. The van der Waals surface area contributed by atoms with Crippen LogP contribution in [0.5, 0.6) is 11.5 Å². The van der Waals surface area contributed by atoms with E-state index in [-0.39, 0.29) is 17.4 Å². The summed E-state index contributed by atoms with van der Waals surface area (Å²) in [5, 5.41) is 2.45. The molecule has 0 aromatic heterocycles. The summed E-state index contributed by atoms with van der Waals surface area (Å²) in [5.41, 5.74) is 0.323. The van der Waals surface area contributed by atoms with Gasteiger partial charge in [0.15, 0.2) is 11.5 Å². The molecule has 0 atom stereocenters. The second-order valence-corrected chi connectivity index (χ2v) is 5.56. The van der Waals surface area contributed by atoms with E-state index in [1.807, 2.05) is 0 Å². The number of para-hydroxylation sites is 1. The predicted molar refractivity (Wildman–Crippen MR) is 80.6 cm³/mol. The average molecular weight is 331 g/mol. The maximum Gasteiger partial charge on any atom is 0.387 e. The number of amides is 1. The van der Waals surface area contributed by atoms with Gasteiger partial charge in [-0.1, -0.05) is 36.1 Å². The largest absolute Gasteiger partial charge is 0.490 e. The van der Waals surface area contributed by atoms with Gasteiger partial charge >= 0.3 is 6.61 Å². The first-order valence-electron chi connectivity index (χ1n) is 5.96. The Morgan fingerprint density at radius 1 is 1.48 bits per heavy atom. The molecule has 21 heavy (non-hydrogen) atoms. The summed E-state index contributed by atoms with van der Waals surface area (Å²) in [6.45, 7) is -0.954. The number of thiocarbonyl (C=S) groups is 1. The van der Waals surface area contributed by atoms with E-state index in [1.54, 1.807) is 19.1 Å². The third kappa shape index (κ3) is 3.92. The zero-order valence-corrected chi connectivity index (χ0v) is 12.5. The molecule has 0 saturated carbocycles. The molecule has 1 N–H and O–H groups in total. The number of halogens is 2.